The molecule has 0 aromatic heterocycles. The van der Waals surface area contributed by atoms with E-state index in [1.165, 1.54) is 30.4 Å². The smallest absolute Gasteiger partial charge is 0.339 e. The first-order valence-corrected chi connectivity index (χ1v) is 6.94. The Morgan fingerprint density at radius 3 is 2.88 bits per heavy atom. The Labute approximate surface area is 101 Å². The lowest BCUT2D eigenvalue weighted by Crippen LogP contribution is -2.18. The van der Waals surface area contributed by atoms with Crippen molar-refractivity contribution in [2.24, 2.45) is 0 Å². The minimum Gasteiger partial charge on any atom is -0.462 e. The Kier molecular flexibility index (Phi) is 3.74. The van der Waals surface area contributed by atoms with Gasteiger partial charge in [0.05, 0.1) is 12.2 Å². The normalized spacial score (nSPS) is 20.9. The van der Waals surface area contributed by atoms with Crippen LogP contribution < -0.4 is 0 Å². The van der Waals surface area contributed by atoms with Crippen molar-refractivity contribution in [2.75, 3.05) is 12.4 Å². The minimum absolute atomic E-state index is 0.124. The summed E-state index contributed by atoms with van der Waals surface area (Å²) in [6.07, 6.45) is 4.70. The van der Waals surface area contributed by atoms with Crippen LogP contribution in [0.4, 0.5) is 0 Å². The van der Waals surface area contributed by atoms with E-state index in [0.717, 1.165) is 22.7 Å². The van der Waals surface area contributed by atoms with Gasteiger partial charge in [-0.3, -0.25) is 0 Å². The highest BCUT2D eigenvalue weighted by Crippen LogP contribution is 2.41. The maximum Gasteiger partial charge on any atom is 0.339 e. The second-order valence-corrected chi connectivity index (χ2v) is 5.42. The first-order chi connectivity index (χ1) is 7.74. The van der Waals surface area contributed by atoms with Gasteiger partial charge in [-0.25, -0.2) is 4.79 Å². The fraction of sp³-hybridized carbons (Fsp3) is 0.615. The van der Waals surface area contributed by atoms with E-state index in [0.29, 0.717) is 6.61 Å². The van der Waals surface area contributed by atoms with E-state index < -0.39 is 0 Å². The Hall–Kier alpha value is -0.700. The fourth-order valence-electron chi connectivity index (χ4n) is 2.38. The van der Waals surface area contributed by atoms with E-state index in [1.54, 1.807) is 11.8 Å². The molecule has 1 heterocycles. The van der Waals surface area contributed by atoms with Crippen molar-refractivity contribution in [1.29, 1.82) is 0 Å². The molecular weight excluding hydrogens is 220 g/mol. The van der Waals surface area contributed by atoms with Crippen LogP contribution in [0.15, 0.2) is 21.6 Å². The molecule has 88 valence electrons. The SMILES string of the molecule is CCOC(=O)C1=C(C)SCC2=C1CCCC2. The molecule has 0 radical (unpaired) electrons. The molecule has 0 atom stereocenters. The summed E-state index contributed by atoms with van der Waals surface area (Å²) in [5.41, 5.74) is 3.64. The lowest BCUT2D eigenvalue weighted by atomic mass is 9.87. The summed E-state index contributed by atoms with van der Waals surface area (Å²) in [7, 11) is 0. The van der Waals surface area contributed by atoms with Gasteiger partial charge in [0, 0.05) is 5.75 Å². The molecular formula is C13H18O2S. The molecule has 0 saturated heterocycles. The number of esters is 1. The lowest BCUT2D eigenvalue weighted by molar-refractivity contribution is -0.138. The van der Waals surface area contributed by atoms with Gasteiger partial charge < -0.3 is 4.74 Å². The molecule has 0 spiro atoms. The van der Waals surface area contributed by atoms with Gasteiger partial charge in [0.25, 0.3) is 0 Å². The maximum absolute atomic E-state index is 11.9. The summed E-state index contributed by atoms with van der Waals surface area (Å²) in [5.74, 6) is 0.950. The molecule has 2 nitrogen and oxygen atoms in total. The van der Waals surface area contributed by atoms with Crippen molar-refractivity contribution in [3.63, 3.8) is 0 Å². The quantitative estimate of drug-likeness (QED) is 0.689. The number of carbonyl (C=O) groups is 1. The molecule has 0 bridgehead atoms. The summed E-state index contributed by atoms with van der Waals surface area (Å²) in [4.78, 5) is 13.1. The van der Waals surface area contributed by atoms with Crippen LogP contribution in [-0.2, 0) is 9.53 Å². The topological polar surface area (TPSA) is 26.3 Å². The van der Waals surface area contributed by atoms with E-state index in [-0.39, 0.29) is 5.97 Å². The van der Waals surface area contributed by atoms with Crippen molar-refractivity contribution in [3.8, 4) is 0 Å². The molecule has 0 saturated carbocycles. The van der Waals surface area contributed by atoms with Crippen molar-refractivity contribution in [2.45, 2.75) is 39.5 Å². The maximum atomic E-state index is 11.9. The number of ether oxygens (including phenoxy) is 1. The fourth-order valence-corrected chi connectivity index (χ4v) is 3.44. The van der Waals surface area contributed by atoms with Gasteiger partial charge in [0.2, 0.25) is 0 Å². The highest BCUT2D eigenvalue weighted by atomic mass is 32.2. The number of carbonyl (C=O) groups excluding carboxylic acids is 1. The molecule has 0 aromatic rings. The third-order valence-corrected chi connectivity index (χ3v) is 4.31. The Balaban J connectivity index is 2.31. The van der Waals surface area contributed by atoms with Crippen LogP contribution in [0, 0.1) is 0 Å². The second kappa shape index (κ2) is 5.09. The molecule has 0 aromatic carbocycles. The third kappa shape index (κ3) is 2.19. The Morgan fingerprint density at radius 1 is 1.38 bits per heavy atom. The standard InChI is InChI=1S/C13H18O2S/c1-3-15-13(14)12-9(2)16-8-10-6-4-5-7-11(10)12/h3-8H2,1-2H3. The van der Waals surface area contributed by atoms with Gasteiger partial charge in [0.1, 0.15) is 0 Å². The molecule has 3 heteroatoms. The first-order valence-electron chi connectivity index (χ1n) is 5.96. The monoisotopic (exact) mass is 238 g/mol. The van der Waals surface area contributed by atoms with E-state index in [9.17, 15) is 4.79 Å². The summed E-state index contributed by atoms with van der Waals surface area (Å²) in [6, 6.07) is 0. The van der Waals surface area contributed by atoms with Crippen LogP contribution in [0.3, 0.4) is 0 Å². The zero-order valence-corrected chi connectivity index (χ0v) is 10.8. The summed E-state index contributed by atoms with van der Waals surface area (Å²) in [5, 5.41) is 0. The molecule has 2 rings (SSSR count). The average Bonchev–Trinajstić information content (AvgIpc) is 2.29. The minimum atomic E-state index is -0.124. The summed E-state index contributed by atoms with van der Waals surface area (Å²) < 4.78 is 5.16. The molecule has 1 aliphatic heterocycles. The number of hydrogen-bond acceptors (Lipinski definition) is 3. The van der Waals surface area contributed by atoms with Crippen LogP contribution in [0.5, 0.6) is 0 Å². The zero-order valence-electron chi connectivity index (χ0n) is 9.97. The molecule has 0 unspecified atom stereocenters. The zero-order chi connectivity index (χ0) is 11.5. The number of allylic oxidation sites excluding steroid dienone is 1. The average molecular weight is 238 g/mol. The predicted octanol–water partition coefficient (Wildman–Crippen LogP) is 3.44. The molecule has 0 fully saturated rings. The van der Waals surface area contributed by atoms with Crippen molar-refractivity contribution < 1.29 is 9.53 Å². The number of thioether (sulfide) groups is 1. The van der Waals surface area contributed by atoms with Gasteiger partial charge in [-0.05, 0) is 50.0 Å². The number of rotatable bonds is 2. The van der Waals surface area contributed by atoms with Gasteiger partial charge >= 0.3 is 5.97 Å². The molecule has 16 heavy (non-hydrogen) atoms. The molecule has 0 amide bonds. The van der Waals surface area contributed by atoms with Crippen LogP contribution >= 0.6 is 11.8 Å². The van der Waals surface area contributed by atoms with E-state index >= 15 is 0 Å². The van der Waals surface area contributed by atoms with Crippen molar-refractivity contribution in [1.82, 2.24) is 0 Å². The highest BCUT2D eigenvalue weighted by Gasteiger charge is 2.27. The molecule has 0 N–H and O–H groups in total. The van der Waals surface area contributed by atoms with Crippen LogP contribution in [-0.4, -0.2) is 18.3 Å². The van der Waals surface area contributed by atoms with E-state index in [4.69, 9.17) is 4.74 Å². The van der Waals surface area contributed by atoms with Crippen molar-refractivity contribution >= 4 is 17.7 Å². The van der Waals surface area contributed by atoms with E-state index in [1.807, 2.05) is 13.8 Å². The first kappa shape index (κ1) is 11.8. The summed E-state index contributed by atoms with van der Waals surface area (Å²) in [6.45, 7) is 4.36. The number of hydrogen-bond donors (Lipinski definition) is 0. The predicted molar refractivity (Wildman–Crippen MR) is 67.3 cm³/mol. The van der Waals surface area contributed by atoms with Gasteiger partial charge in [-0.2, -0.15) is 0 Å². The lowest BCUT2D eigenvalue weighted by Gasteiger charge is -2.27. The van der Waals surface area contributed by atoms with Gasteiger partial charge in [-0.15, -0.1) is 11.8 Å². The van der Waals surface area contributed by atoms with Crippen molar-refractivity contribution in [3.05, 3.63) is 21.6 Å². The molecule has 1 aliphatic carbocycles. The van der Waals surface area contributed by atoms with E-state index in [2.05, 4.69) is 0 Å². The summed E-state index contributed by atoms with van der Waals surface area (Å²) >= 11 is 1.79. The highest BCUT2D eigenvalue weighted by molar-refractivity contribution is 8.03. The van der Waals surface area contributed by atoms with Gasteiger partial charge in [0.15, 0.2) is 0 Å². The Bertz CT molecular complexity index is 366. The Morgan fingerprint density at radius 2 is 2.12 bits per heavy atom. The second-order valence-electron chi connectivity index (χ2n) is 4.23. The van der Waals surface area contributed by atoms with Gasteiger partial charge in [-0.1, -0.05) is 5.57 Å². The molecule has 2 aliphatic rings. The third-order valence-electron chi connectivity index (χ3n) is 3.18. The van der Waals surface area contributed by atoms with Crippen LogP contribution in [0.2, 0.25) is 0 Å². The van der Waals surface area contributed by atoms with Crippen LogP contribution in [0.25, 0.3) is 0 Å². The van der Waals surface area contributed by atoms with Crippen LogP contribution in [0.1, 0.15) is 39.5 Å². The largest absolute Gasteiger partial charge is 0.462 e.